The van der Waals surface area contributed by atoms with Crippen molar-refractivity contribution in [2.75, 3.05) is 0 Å². The maximum absolute atomic E-state index is 12.8. The van der Waals surface area contributed by atoms with Gasteiger partial charge in [-0.05, 0) is 30.2 Å². The Kier molecular flexibility index (Phi) is 5.96. The smallest absolute Gasteiger partial charge is 0.319 e. The van der Waals surface area contributed by atoms with Crippen LogP contribution >= 0.6 is 0 Å². The Morgan fingerprint density at radius 1 is 1.00 bits per heavy atom. The Hall–Kier alpha value is -2.73. The fourth-order valence-corrected chi connectivity index (χ4v) is 2.53. The highest BCUT2D eigenvalue weighted by molar-refractivity contribution is 5.28. The van der Waals surface area contributed by atoms with Crippen molar-refractivity contribution >= 4 is 0 Å². The van der Waals surface area contributed by atoms with Crippen LogP contribution in [-0.2, 0) is 19.7 Å². The highest BCUT2D eigenvalue weighted by atomic mass is 19.3. The summed E-state index contributed by atoms with van der Waals surface area (Å²) in [7, 11) is 0. The second-order valence-corrected chi connectivity index (χ2v) is 6.05. The summed E-state index contributed by atoms with van der Waals surface area (Å²) in [5.41, 5.74) is 3.39. The number of benzene rings is 2. The molecule has 0 aliphatic rings. The van der Waals surface area contributed by atoms with Gasteiger partial charge in [-0.2, -0.15) is 8.78 Å². The van der Waals surface area contributed by atoms with E-state index in [0.717, 1.165) is 21.4 Å². The average Bonchev–Trinajstić information content (AvgIpc) is 3.11. The monoisotopic (exact) mass is 357 g/mol. The summed E-state index contributed by atoms with van der Waals surface area (Å²) in [6.45, 7) is 0.850. The van der Waals surface area contributed by atoms with E-state index in [1.807, 2.05) is 24.3 Å². The van der Waals surface area contributed by atoms with E-state index in [1.54, 1.807) is 0 Å². The van der Waals surface area contributed by atoms with E-state index in [9.17, 15) is 8.78 Å². The fraction of sp³-hybridized carbons (Fsp3) is 0.250. The zero-order valence-corrected chi connectivity index (χ0v) is 14.5. The largest absolute Gasteiger partial charge is 0.489 e. The first-order valence-electron chi connectivity index (χ1n) is 8.39. The van der Waals surface area contributed by atoms with Crippen LogP contribution in [0.25, 0.3) is 0 Å². The lowest BCUT2D eigenvalue weighted by Gasteiger charge is -2.09. The van der Waals surface area contributed by atoms with Gasteiger partial charge in [0.05, 0.1) is 6.54 Å². The van der Waals surface area contributed by atoms with Crippen LogP contribution in [0.1, 0.15) is 29.1 Å². The van der Waals surface area contributed by atoms with Gasteiger partial charge in [0.1, 0.15) is 18.2 Å². The molecular formula is C20H21F2N3O. The molecule has 3 rings (SSSR count). The van der Waals surface area contributed by atoms with Gasteiger partial charge in [-0.1, -0.05) is 42.0 Å². The second kappa shape index (κ2) is 8.58. The van der Waals surface area contributed by atoms with Crippen LogP contribution in [0.2, 0.25) is 0 Å². The van der Waals surface area contributed by atoms with Crippen molar-refractivity contribution in [3.8, 4) is 5.75 Å². The molecule has 0 radical (unpaired) electrons. The third kappa shape index (κ3) is 4.89. The summed E-state index contributed by atoms with van der Waals surface area (Å²) in [5.74, 6) is 1.11. The fourth-order valence-electron chi connectivity index (χ4n) is 2.53. The van der Waals surface area contributed by atoms with Gasteiger partial charge in [-0.25, -0.2) is 4.98 Å². The number of alkyl halides is 2. The first-order valence-corrected chi connectivity index (χ1v) is 8.39. The average molecular weight is 357 g/mol. The van der Waals surface area contributed by atoms with Gasteiger partial charge in [0, 0.05) is 18.9 Å². The van der Waals surface area contributed by atoms with Crippen LogP contribution < -0.4 is 10.1 Å². The van der Waals surface area contributed by atoms with Crippen LogP contribution in [0.4, 0.5) is 8.78 Å². The number of hydrogen-bond acceptors (Lipinski definition) is 3. The molecule has 0 saturated heterocycles. The van der Waals surface area contributed by atoms with Crippen LogP contribution in [0.5, 0.6) is 5.75 Å². The Bertz CT molecular complexity index is 814. The van der Waals surface area contributed by atoms with Gasteiger partial charge in [-0.3, -0.25) is 4.57 Å². The zero-order chi connectivity index (χ0) is 18.4. The number of rotatable bonds is 8. The lowest BCUT2D eigenvalue weighted by Crippen LogP contribution is -2.17. The van der Waals surface area contributed by atoms with Crippen molar-refractivity contribution in [1.29, 1.82) is 0 Å². The van der Waals surface area contributed by atoms with E-state index in [-0.39, 0.29) is 6.54 Å². The SMILES string of the molecule is Cc1ccc(COc2ccc(CNCc3nccn3C(F)F)cc2)cc1. The molecule has 0 amide bonds. The number of aromatic nitrogens is 2. The molecule has 1 aromatic heterocycles. The summed E-state index contributed by atoms with van der Waals surface area (Å²) in [5, 5.41) is 3.12. The lowest BCUT2D eigenvalue weighted by atomic mass is 10.2. The third-order valence-electron chi connectivity index (χ3n) is 4.02. The minimum atomic E-state index is -2.57. The van der Waals surface area contributed by atoms with Gasteiger partial charge < -0.3 is 10.1 Å². The molecule has 0 atom stereocenters. The summed E-state index contributed by atoms with van der Waals surface area (Å²) >= 11 is 0. The molecule has 0 aliphatic carbocycles. The molecule has 1 N–H and O–H groups in total. The molecule has 26 heavy (non-hydrogen) atoms. The number of ether oxygens (including phenoxy) is 1. The summed E-state index contributed by atoms with van der Waals surface area (Å²) in [4.78, 5) is 3.94. The van der Waals surface area contributed by atoms with Crippen LogP contribution in [0, 0.1) is 6.92 Å². The molecule has 3 aromatic rings. The number of imidazole rings is 1. The van der Waals surface area contributed by atoms with Crippen LogP contribution in [-0.4, -0.2) is 9.55 Å². The normalized spacial score (nSPS) is 11.1. The molecule has 0 saturated carbocycles. The zero-order valence-electron chi connectivity index (χ0n) is 14.5. The topological polar surface area (TPSA) is 39.1 Å². The Morgan fingerprint density at radius 3 is 2.38 bits per heavy atom. The quantitative estimate of drug-likeness (QED) is 0.647. The summed E-state index contributed by atoms with van der Waals surface area (Å²) in [6.07, 6.45) is 2.66. The van der Waals surface area contributed by atoms with Gasteiger partial charge in [-0.15, -0.1) is 0 Å². The molecule has 6 heteroatoms. The van der Waals surface area contributed by atoms with Gasteiger partial charge in [0.15, 0.2) is 0 Å². The minimum Gasteiger partial charge on any atom is -0.489 e. The van der Waals surface area contributed by atoms with Crippen molar-refractivity contribution in [3.63, 3.8) is 0 Å². The number of hydrogen-bond donors (Lipinski definition) is 1. The molecule has 0 spiro atoms. The Balaban J connectivity index is 1.46. The van der Waals surface area contributed by atoms with E-state index >= 15 is 0 Å². The van der Waals surface area contributed by atoms with Gasteiger partial charge >= 0.3 is 6.55 Å². The van der Waals surface area contributed by atoms with Crippen molar-refractivity contribution in [1.82, 2.24) is 14.9 Å². The van der Waals surface area contributed by atoms with Gasteiger partial charge in [0.2, 0.25) is 0 Å². The van der Waals surface area contributed by atoms with E-state index in [4.69, 9.17) is 4.74 Å². The van der Waals surface area contributed by atoms with E-state index in [2.05, 4.69) is 41.5 Å². The first-order chi connectivity index (χ1) is 12.6. The predicted molar refractivity (Wildman–Crippen MR) is 96.0 cm³/mol. The van der Waals surface area contributed by atoms with E-state index in [1.165, 1.54) is 18.0 Å². The molecule has 136 valence electrons. The summed E-state index contributed by atoms with van der Waals surface area (Å²) in [6, 6.07) is 16.0. The molecule has 0 unspecified atom stereocenters. The molecule has 2 aromatic carbocycles. The second-order valence-electron chi connectivity index (χ2n) is 6.05. The van der Waals surface area contributed by atoms with Crippen LogP contribution in [0.15, 0.2) is 60.9 Å². The lowest BCUT2D eigenvalue weighted by molar-refractivity contribution is 0.0666. The highest BCUT2D eigenvalue weighted by Crippen LogP contribution is 2.15. The van der Waals surface area contributed by atoms with Crippen LogP contribution in [0.3, 0.4) is 0 Å². The first kappa shape index (κ1) is 18.1. The molecule has 0 aliphatic heterocycles. The van der Waals surface area contributed by atoms with Crippen molar-refractivity contribution in [3.05, 3.63) is 83.4 Å². The van der Waals surface area contributed by atoms with Crippen molar-refractivity contribution < 1.29 is 13.5 Å². The number of nitrogens with zero attached hydrogens (tertiary/aromatic N) is 2. The summed E-state index contributed by atoms with van der Waals surface area (Å²) < 4.78 is 32.1. The predicted octanol–water partition coefficient (Wildman–Crippen LogP) is 4.46. The Labute approximate surface area is 151 Å². The molecule has 4 nitrogen and oxygen atoms in total. The maximum atomic E-state index is 12.8. The maximum Gasteiger partial charge on any atom is 0.319 e. The standard InChI is InChI=1S/C20H21F2N3O/c1-15-2-4-17(5-3-15)14-26-18-8-6-16(7-9-18)12-23-13-19-24-10-11-25(19)20(21)22/h2-11,20,23H,12-14H2,1H3. The minimum absolute atomic E-state index is 0.281. The number of aryl methyl sites for hydroxylation is 1. The molecule has 0 fully saturated rings. The number of nitrogens with one attached hydrogen (secondary N) is 1. The molecule has 0 bridgehead atoms. The third-order valence-corrected chi connectivity index (χ3v) is 4.02. The van der Waals surface area contributed by atoms with Crippen molar-refractivity contribution in [2.45, 2.75) is 33.2 Å². The molecular weight excluding hydrogens is 336 g/mol. The van der Waals surface area contributed by atoms with Gasteiger partial charge in [0.25, 0.3) is 0 Å². The highest BCUT2D eigenvalue weighted by Gasteiger charge is 2.10. The molecule has 1 heterocycles. The Morgan fingerprint density at radius 2 is 1.69 bits per heavy atom. The number of halogens is 2. The van der Waals surface area contributed by atoms with Crippen molar-refractivity contribution in [2.24, 2.45) is 0 Å². The van der Waals surface area contributed by atoms with E-state index in [0.29, 0.717) is 19.0 Å². The van der Waals surface area contributed by atoms with E-state index < -0.39 is 6.55 Å².